The lowest BCUT2D eigenvalue weighted by molar-refractivity contribution is -0.121. The Balaban J connectivity index is 1.11. The second-order valence-corrected chi connectivity index (χ2v) is 11.8. The number of unbranched alkanes of at least 4 members (excludes halogenated alkanes) is 1. The number of urea groups is 1. The van der Waals surface area contributed by atoms with Crippen LogP contribution in [0.2, 0.25) is 0 Å². The van der Waals surface area contributed by atoms with Crippen LogP contribution >= 0.6 is 33.3 Å². The molecule has 0 radical (unpaired) electrons. The minimum absolute atomic E-state index is 0.110. The summed E-state index contributed by atoms with van der Waals surface area (Å²) in [5, 5.41) is 25.2. The normalized spacial score (nSPS) is 21.1. The number of phenolic OH excluding ortho intramolecular Hbond substituents is 1. The van der Waals surface area contributed by atoms with Crippen LogP contribution in [0.25, 0.3) is 0 Å². The fourth-order valence-corrected chi connectivity index (χ4v) is 6.90. The first-order chi connectivity index (χ1) is 16.0. The van der Waals surface area contributed by atoms with Crippen molar-refractivity contribution < 1.29 is 14.7 Å². The van der Waals surface area contributed by atoms with Crippen molar-refractivity contribution in [3.05, 3.63) is 42.2 Å². The van der Waals surface area contributed by atoms with E-state index in [9.17, 15) is 14.7 Å². The molecule has 0 aromatic heterocycles. The average Bonchev–Trinajstić information content (AvgIpc) is 3.35. The third kappa shape index (κ3) is 9.13. The van der Waals surface area contributed by atoms with Crippen molar-refractivity contribution in [3.63, 3.8) is 0 Å². The number of benzene rings is 1. The summed E-state index contributed by atoms with van der Waals surface area (Å²) in [4.78, 5) is 23.8. The molecule has 3 amide bonds. The molecule has 3 rings (SSSR count). The molecule has 2 heterocycles. The molecule has 2 saturated heterocycles. The van der Waals surface area contributed by atoms with Crippen LogP contribution in [0.4, 0.5) is 4.79 Å². The highest BCUT2D eigenvalue weighted by Crippen LogP contribution is 2.34. The number of amides is 3. The number of carbonyl (C=O) groups excluding carboxylic acids is 2. The van der Waals surface area contributed by atoms with Crippen LogP contribution in [0.3, 0.4) is 0 Å². The second-order valence-electron chi connectivity index (χ2n) is 7.98. The molecule has 11 heteroatoms. The number of thioether (sulfide) groups is 1. The van der Waals surface area contributed by atoms with Crippen LogP contribution in [-0.4, -0.2) is 58.3 Å². The van der Waals surface area contributed by atoms with Crippen molar-refractivity contribution in [1.29, 1.82) is 0 Å². The van der Waals surface area contributed by atoms with Gasteiger partial charge in [0, 0.05) is 36.3 Å². The van der Waals surface area contributed by atoms with Crippen LogP contribution in [0.15, 0.2) is 36.7 Å². The van der Waals surface area contributed by atoms with Gasteiger partial charge in [0.05, 0.1) is 23.8 Å². The summed E-state index contributed by atoms with van der Waals surface area (Å²) in [6, 6.07) is 7.45. The molecule has 0 aliphatic carbocycles. The molecule has 1 aromatic carbocycles. The van der Waals surface area contributed by atoms with Gasteiger partial charge in [0.2, 0.25) is 5.91 Å². The Labute approximate surface area is 207 Å². The number of carbonyl (C=O) groups is 2. The Hall–Kier alpha value is -1.85. The number of rotatable bonds is 13. The first-order valence-corrected chi connectivity index (χ1v) is 14.7. The molecular weight excluding hydrogens is 478 g/mol. The van der Waals surface area contributed by atoms with Gasteiger partial charge in [0.25, 0.3) is 0 Å². The number of phenols is 1. The monoisotopic (exact) mass is 511 g/mol. The summed E-state index contributed by atoms with van der Waals surface area (Å²) in [7, 11) is 3.16. The highest BCUT2D eigenvalue weighted by atomic mass is 33.1. The van der Waals surface area contributed by atoms with Crippen molar-refractivity contribution >= 4 is 45.3 Å². The van der Waals surface area contributed by atoms with Gasteiger partial charge in [-0.1, -0.05) is 46.7 Å². The fraction of sp³-hybridized carbons (Fsp3) is 0.545. The molecule has 2 fully saturated rings. The third-order valence-electron chi connectivity index (χ3n) is 5.44. The summed E-state index contributed by atoms with van der Waals surface area (Å²) in [5.74, 6) is 3.65. The van der Waals surface area contributed by atoms with Gasteiger partial charge in [0.15, 0.2) is 0 Å². The van der Waals surface area contributed by atoms with Gasteiger partial charge >= 0.3 is 6.03 Å². The van der Waals surface area contributed by atoms with Gasteiger partial charge in [-0.15, -0.1) is 0 Å². The smallest absolute Gasteiger partial charge is 0.315 e. The maximum absolute atomic E-state index is 12.0. The first kappa shape index (κ1) is 25.8. The molecule has 33 heavy (non-hydrogen) atoms. The van der Waals surface area contributed by atoms with Crippen LogP contribution in [0.5, 0.6) is 5.75 Å². The van der Waals surface area contributed by atoms with Crippen LogP contribution in [-0.2, 0) is 11.3 Å². The quantitative estimate of drug-likeness (QED) is 0.136. The van der Waals surface area contributed by atoms with Gasteiger partial charge in [0.1, 0.15) is 5.75 Å². The molecule has 0 saturated carbocycles. The summed E-state index contributed by atoms with van der Waals surface area (Å²) in [6.07, 6.45) is 3.68. The van der Waals surface area contributed by atoms with E-state index in [4.69, 9.17) is 0 Å². The first-order valence-electron chi connectivity index (χ1n) is 11.2. The number of hydrogen-bond acceptors (Lipinski definition) is 8. The Morgan fingerprint density at radius 1 is 1.12 bits per heavy atom. The molecule has 8 nitrogen and oxygen atoms in total. The summed E-state index contributed by atoms with van der Waals surface area (Å²) in [6.45, 7) is 4.99. The van der Waals surface area contributed by atoms with E-state index in [2.05, 4.69) is 33.2 Å². The molecule has 2 aliphatic rings. The fourth-order valence-electron chi connectivity index (χ4n) is 3.75. The zero-order valence-corrected chi connectivity index (χ0v) is 21.1. The van der Waals surface area contributed by atoms with Crippen molar-refractivity contribution in [3.8, 4) is 5.75 Å². The maximum atomic E-state index is 12.0. The molecule has 0 bridgehead atoms. The molecule has 2 aliphatic heterocycles. The molecular formula is C22H33N5O3S3. The van der Waals surface area contributed by atoms with E-state index >= 15 is 0 Å². The Kier molecular flexibility index (Phi) is 10.7. The van der Waals surface area contributed by atoms with Crippen molar-refractivity contribution in [1.82, 2.24) is 26.6 Å². The predicted octanol–water partition coefficient (Wildman–Crippen LogP) is 2.72. The standard InChI is InChI=1S/C22H33N5O3S3/c1-15-26-18-13-31-19(21(18)27-15)4-2-3-5-20(29)23-10-11-32-33-14-25-22(30)24-12-16-6-8-17(28)9-7-16/h6-9,18-19,21,26-28H,1-5,10-14H2,(H,23,29)(H2,24,25,30)/t18?,19-,21?/m0/s1. The molecule has 2 unspecified atom stereocenters. The van der Waals surface area contributed by atoms with E-state index in [0.717, 1.165) is 42.2 Å². The molecule has 182 valence electrons. The largest absolute Gasteiger partial charge is 0.508 e. The SMILES string of the molecule is C=C1NC2CS[C@@H](CCCCC(=O)NCCSSCNC(=O)NCc3ccc(O)cc3)C2N1. The molecule has 3 atom stereocenters. The zero-order chi connectivity index (χ0) is 23.5. The van der Waals surface area contributed by atoms with E-state index in [-0.39, 0.29) is 17.7 Å². The molecule has 1 aromatic rings. The Morgan fingerprint density at radius 3 is 2.76 bits per heavy atom. The zero-order valence-electron chi connectivity index (χ0n) is 18.6. The van der Waals surface area contributed by atoms with E-state index in [1.807, 2.05) is 11.8 Å². The average molecular weight is 512 g/mol. The van der Waals surface area contributed by atoms with Crippen molar-refractivity contribution in [2.24, 2.45) is 0 Å². The van der Waals surface area contributed by atoms with Crippen molar-refractivity contribution in [2.75, 3.05) is 23.9 Å². The highest BCUT2D eigenvalue weighted by Gasteiger charge is 2.40. The lowest BCUT2D eigenvalue weighted by Crippen LogP contribution is -2.36. The third-order valence-corrected chi connectivity index (χ3v) is 9.10. The van der Waals surface area contributed by atoms with Gasteiger partial charge in [-0.25, -0.2) is 4.79 Å². The predicted molar refractivity (Wildman–Crippen MR) is 139 cm³/mol. The molecule has 0 spiro atoms. The molecule has 6 N–H and O–H groups in total. The van der Waals surface area contributed by atoms with E-state index in [0.29, 0.717) is 42.7 Å². The number of aromatic hydroxyl groups is 1. The number of hydrogen-bond donors (Lipinski definition) is 6. The van der Waals surface area contributed by atoms with Crippen LogP contribution in [0, 0.1) is 0 Å². The second kappa shape index (κ2) is 13.8. The van der Waals surface area contributed by atoms with E-state index in [1.54, 1.807) is 45.9 Å². The number of fused-ring (bicyclic) bond motifs is 1. The maximum Gasteiger partial charge on any atom is 0.315 e. The van der Waals surface area contributed by atoms with Gasteiger partial charge in [-0.2, -0.15) is 11.8 Å². The Bertz CT molecular complexity index is 796. The summed E-state index contributed by atoms with van der Waals surface area (Å²) >= 11 is 2.01. The van der Waals surface area contributed by atoms with Gasteiger partial charge in [-0.3, -0.25) is 4.79 Å². The van der Waals surface area contributed by atoms with Gasteiger partial charge in [-0.05, 0) is 30.5 Å². The van der Waals surface area contributed by atoms with Crippen LogP contribution in [0.1, 0.15) is 31.2 Å². The van der Waals surface area contributed by atoms with E-state index in [1.165, 1.54) is 0 Å². The summed E-state index contributed by atoms with van der Waals surface area (Å²) < 4.78 is 0. The Morgan fingerprint density at radius 2 is 1.94 bits per heavy atom. The van der Waals surface area contributed by atoms with Crippen molar-refractivity contribution in [2.45, 2.75) is 49.6 Å². The topological polar surface area (TPSA) is 115 Å². The van der Waals surface area contributed by atoms with E-state index < -0.39 is 0 Å². The summed E-state index contributed by atoms with van der Waals surface area (Å²) in [5.41, 5.74) is 0.918. The van der Waals surface area contributed by atoms with Gasteiger partial charge < -0.3 is 31.7 Å². The highest BCUT2D eigenvalue weighted by molar-refractivity contribution is 8.76. The minimum atomic E-state index is -0.235. The lowest BCUT2D eigenvalue weighted by Gasteiger charge is -2.17. The minimum Gasteiger partial charge on any atom is -0.508 e. The van der Waals surface area contributed by atoms with Crippen LogP contribution < -0.4 is 26.6 Å². The number of nitrogens with one attached hydrogen (secondary N) is 5. The lowest BCUT2D eigenvalue weighted by atomic mass is 10.0.